The maximum absolute atomic E-state index is 12.7. The van der Waals surface area contributed by atoms with Crippen molar-refractivity contribution in [3.05, 3.63) is 23.0 Å². The highest BCUT2D eigenvalue weighted by Gasteiger charge is 2.27. The molecule has 3 rings (SSSR count). The summed E-state index contributed by atoms with van der Waals surface area (Å²) in [7, 11) is 1.83. The Morgan fingerprint density at radius 3 is 2.80 bits per heavy atom. The van der Waals surface area contributed by atoms with Crippen molar-refractivity contribution in [1.82, 2.24) is 20.1 Å². The van der Waals surface area contributed by atoms with Gasteiger partial charge in [0, 0.05) is 32.9 Å². The zero-order chi connectivity index (χ0) is 17.1. The van der Waals surface area contributed by atoms with Crippen LogP contribution < -0.4 is 10.6 Å². The monoisotopic (exact) mass is 388 g/mol. The second kappa shape index (κ2) is 8.92. The minimum Gasteiger partial charge on any atom is -0.354 e. The minimum absolute atomic E-state index is 0. The van der Waals surface area contributed by atoms with Crippen molar-refractivity contribution in [1.29, 1.82) is 0 Å². The number of carbonyl (C=O) groups is 2. The number of likely N-dealkylation sites (tertiary alicyclic amines) is 1. The number of carbonyl (C=O) groups excluding carboxylic acids is 2. The standard InChI is InChI=1S/C17H25ClN4O2.ClH/c1-21-11-13(18)8-15(21)17(24)22-7-3-4-12(10-22)9-20-16(23)14-5-2-6-19-14;/h8,11-12,14,19H,2-7,9-10H2,1H3,(H,20,23);1H. The molecule has 2 amide bonds. The Bertz CT molecular complexity index is 614. The van der Waals surface area contributed by atoms with E-state index in [1.807, 2.05) is 11.9 Å². The quantitative estimate of drug-likeness (QED) is 0.826. The van der Waals surface area contributed by atoms with Crippen LogP contribution in [0.4, 0.5) is 0 Å². The molecule has 2 unspecified atom stereocenters. The van der Waals surface area contributed by atoms with Gasteiger partial charge in [0.1, 0.15) is 5.69 Å². The van der Waals surface area contributed by atoms with E-state index in [9.17, 15) is 9.59 Å². The van der Waals surface area contributed by atoms with Crippen LogP contribution in [0.1, 0.15) is 36.2 Å². The van der Waals surface area contributed by atoms with Gasteiger partial charge in [0.15, 0.2) is 0 Å². The lowest BCUT2D eigenvalue weighted by molar-refractivity contribution is -0.123. The first-order valence-electron chi connectivity index (χ1n) is 8.67. The Morgan fingerprint density at radius 1 is 1.36 bits per heavy atom. The molecular formula is C17H26Cl2N4O2. The van der Waals surface area contributed by atoms with E-state index >= 15 is 0 Å². The number of piperidine rings is 1. The van der Waals surface area contributed by atoms with Crippen molar-refractivity contribution < 1.29 is 9.59 Å². The molecule has 2 fully saturated rings. The predicted octanol–water partition coefficient (Wildman–Crippen LogP) is 1.82. The summed E-state index contributed by atoms with van der Waals surface area (Å²) in [6, 6.07) is 1.66. The normalized spacial score (nSPS) is 23.2. The number of rotatable bonds is 4. The number of halogens is 2. The second-order valence-corrected chi connectivity index (χ2v) is 7.24. The molecule has 2 aliphatic heterocycles. The fourth-order valence-corrected chi connectivity index (χ4v) is 3.84. The Labute approximate surface area is 159 Å². The van der Waals surface area contributed by atoms with Crippen LogP contribution in [-0.2, 0) is 11.8 Å². The lowest BCUT2D eigenvalue weighted by Gasteiger charge is -2.33. The molecule has 6 nitrogen and oxygen atoms in total. The first kappa shape index (κ1) is 20.1. The molecule has 2 saturated heterocycles. The fourth-order valence-electron chi connectivity index (χ4n) is 3.59. The van der Waals surface area contributed by atoms with E-state index < -0.39 is 0 Å². The Hall–Kier alpha value is -1.24. The van der Waals surface area contributed by atoms with Crippen molar-refractivity contribution in [2.75, 3.05) is 26.2 Å². The highest BCUT2D eigenvalue weighted by Crippen LogP contribution is 2.20. The summed E-state index contributed by atoms with van der Waals surface area (Å²) in [5, 5.41) is 6.83. The van der Waals surface area contributed by atoms with Crippen LogP contribution in [0.25, 0.3) is 0 Å². The molecule has 2 aliphatic rings. The van der Waals surface area contributed by atoms with Gasteiger partial charge in [-0.3, -0.25) is 9.59 Å². The highest BCUT2D eigenvalue weighted by molar-refractivity contribution is 6.31. The first-order valence-corrected chi connectivity index (χ1v) is 9.04. The van der Waals surface area contributed by atoms with Gasteiger partial charge in [0.05, 0.1) is 11.1 Å². The maximum atomic E-state index is 12.7. The molecule has 0 saturated carbocycles. The lowest BCUT2D eigenvalue weighted by atomic mass is 9.97. The molecule has 0 radical (unpaired) electrons. The minimum atomic E-state index is -0.0446. The summed E-state index contributed by atoms with van der Waals surface area (Å²) in [6.45, 7) is 2.99. The van der Waals surface area contributed by atoms with Gasteiger partial charge in [-0.15, -0.1) is 12.4 Å². The number of hydrogen-bond acceptors (Lipinski definition) is 3. The number of aromatic nitrogens is 1. The Balaban J connectivity index is 0.00000225. The topological polar surface area (TPSA) is 66.4 Å². The van der Waals surface area contributed by atoms with Gasteiger partial charge >= 0.3 is 0 Å². The molecule has 0 aromatic carbocycles. The average Bonchev–Trinajstić information content (AvgIpc) is 3.22. The van der Waals surface area contributed by atoms with Crippen LogP contribution in [0, 0.1) is 5.92 Å². The SMILES string of the molecule is Cl.Cn1cc(Cl)cc1C(=O)N1CCCC(CNC(=O)C2CCCN2)C1. The van der Waals surface area contributed by atoms with Crippen molar-refractivity contribution in [3.8, 4) is 0 Å². The summed E-state index contributed by atoms with van der Waals surface area (Å²) < 4.78 is 1.77. The van der Waals surface area contributed by atoms with Crippen LogP contribution in [0.2, 0.25) is 5.02 Å². The van der Waals surface area contributed by atoms with E-state index in [1.54, 1.807) is 16.8 Å². The van der Waals surface area contributed by atoms with Crippen molar-refractivity contribution in [2.45, 2.75) is 31.7 Å². The summed E-state index contributed by atoms with van der Waals surface area (Å²) in [6.07, 6.45) is 5.71. The third-order valence-electron chi connectivity index (χ3n) is 4.94. The van der Waals surface area contributed by atoms with Gasteiger partial charge in [0.2, 0.25) is 5.91 Å². The summed E-state index contributed by atoms with van der Waals surface area (Å²) in [5.41, 5.74) is 0.611. The van der Waals surface area contributed by atoms with Gasteiger partial charge in [-0.25, -0.2) is 0 Å². The zero-order valence-corrected chi connectivity index (χ0v) is 16.0. The zero-order valence-electron chi connectivity index (χ0n) is 14.5. The smallest absolute Gasteiger partial charge is 0.270 e. The second-order valence-electron chi connectivity index (χ2n) is 6.81. The maximum Gasteiger partial charge on any atom is 0.270 e. The van der Waals surface area contributed by atoms with E-state index in [0.717, 1.165) is 38.8 Å². The summed E-state index contributed by atoms with van der Waals surface area (Å²) in [4.78, 5) is 26.7. The number of nitrogens with one attached hydrogen (secondary N) is 2. The molecule has 1 aromatic heterocycles. The van der Waals surface area contributed by atoms with E-state index in [-0.39, 0.29) is 30.3 Å². The van der Waals surface area contributed by atoms with Gasteiger partial charge < -0.3 is 20.1 Å². The third-order valence-corrected chi connectivity index (χ3v) is 5.15. The predicted molar refractivity (Wildman–Crippen MR) is 100 cm³/mol. The molecule has 25 heavy (non-hydrogen) atoms. The van der Waals surface area contributed by atoms with Crippen LogP contribution in [0.3, 0.4) is 0 Å². The van der Waals surface area contributed by atoms with Gasteiger partial charge in [-0.1, -0.05) is 11.6 Å². The van der Waals surface area contributed by atoms with Crippen LogP contribution in [0.5, 0.6) is 0 Å². The number of hydrogen-bond donors (Lipinski definition) is 2. The lowest BCUT2D eigenvalue weighted by Crippen LogP contribution is -2.47. The molecule has 2 atom stereocenters. The molecule has 0 spiro atoms. The molecule has 1 aromatic rings. The summed E-state index contributed by atoms with van der Waals surface area (Å²) in [5.74, 6) is 0.409. The molecule has 3 heterocycles. The average molecular weight is 389 g/mol. The van der Waals surface area contributed by atoms with E-state index in [2.05, 4.69) is 10.6 Å². The molecule has 0 aliphatic carbocycles. The Morgan fingerprint density at radius 2 is 2.16 bits per heavy atom. The van der Waals surface area contributed by atoms with E-state index in [0.29, 0.717) is 29.7 Å². The third kappa shape index (κ3) is 4.90. The van der Waals surface area contributed by atoms with Gasteiger partial charge in [-0.2, -0.15) is 0 Å². The largest absolute Gasteiger partial charge is 0.354 e. The summed E-state index contributed by atoms with van der Waals surface area (Å²) >= 11 is 5.98. The molecule has 0 bridgehead atoms. The number of amides is 2. The Kier molecular flexibility index (Phi) is 7.16. The molecule has 8 heteroatoms. The van der Waals surface area contributed by atoms with Crippen LogP contribution in [0.15, 0.2) is 12.3 Å². The van der Waals surface area contributed by atoms with Gasteiger partial charge in [0.25, 0.3) is 5.91 Å². The number of nitrogens with zero attached hydrogens (tertiary/aromatic N) is 2. The van der Waals surface area contributed by atoms with Crippen molar-refractivity contribution in [3.63, 3.8) is 0 Å². The molecule has 140 valence electrons. The first-order chi connectivity index (χ1) is 11.5. The van der Waals surface area contributed by atoms with Crippen molar-refractivity contribution in [2.24, 2.45) is 13.0 Å². The molecule has 2 N–H and O–H groups in total. The highest BCUT2D eigenvalue weighted by atomic mass is 35.5. The van der Waals surface area contributed by atoms with Crippen LogP contribution in [-0.4, -0.2) is 53.5 Å². The van der Waals surface area contributed by atoms with E-state index in [1.165, 1.54) is 0 Å². The van der Waals surface area contributed by atoms with Gasteiger partial charge in [-0.05, 0) is 44.2 Å². The van der Waals surface area contributed by atoms with Crippen LogP contribution >= 0.6 is 24.0 Å². The number of aryl methyl sites for hydroxylation is 1. The van der Waals surface area contributed by atoms with Crippen molar-refractivity contribution >= 4 is 35.8 Å². The molecular weight excluding hydrogens is 363 g/mol. The fraction of sp³-hybridized carbons (Fsp3) is 0.647. The van der Waals surface area contributed by atoms with E-state index in [4.69, 9.17) is 11.6 Å².